The lowest BCUT2D eigenvalue weighted by Gasteiger charge is -2.23. The van der Waals surface area contributed by atoms with Crippen molar-refractivity contribution in [3.63, 3.8) is 0 Å². The van der Waals surface area contributed by atoms with E-state index in [1.807, 2.05) is 0 Å². The fraction of sp³-hybridized carbons (Fsp3) is 1.00. The summed E-state index contributed by atoms with van der Waals surface area (Å²) in [5.74, 6) is 0. The first-order valence-electron chi connectivity index (χ1n) is 22.8. The molecule has 0 rings (SSSR count). The Morgan fingerprint density at radius 3 is 1.19 bits per heavy atom. The van der Waals surface area contributed by atoms with E-state index in [4.69, 9.17) is 18.5 Å². The van der Waals surface area contributed by atoms with Crippen molar-refractivity contribution in [2.75, 3.05) is 60.7 Å². The van der Waals surface area contributed by atoms with Gasteiger partial charge in [-0.3, -0.25) is 9.05 Å². The zero-order chi connectivity index (χ0) is 38.3. The monoisotopic (exact) mass is 763 g/mol. The Morgan fingerprint density at radius 1 is 0.442 bits per heavy atom. The van der Waals surface area contributed by atoms with Crippen molar-refractivity contribution in [3.05, 3.63) is 0 Å². The zero-order valence-corrected chi connectivity index (χ0v) is 36.7. The van der Waals surface area contributed by atoms with Crippen LogP contribution in [0.2, 0.25) is 0 Å². The van der Waals surface area contributed by atoms with E-state index in [2.05, 4.69) is 35.0 Å². The minimum atomic E-state index is -4.12. The normalized spacial score (nSPS) is 13.9. The van der Waals surface area contributed by atoms with Gasteiger partial charge in [0.15, 0.2) is 0 Å². The van der Waals surface area contributed by atoms with Crippen molar-refractivity contribution < 1.29 is 32.5 Å². The molecule has 0 heterocycles. The van der Waals surface area contributed by atoms with Crippen LogP contribution >= 0.6 is 7.82 Å². The third-order valence-corrected chi connectivity index (χ3v) is 11.2. The zero-order valence-electron chi connectivity index (χ0n) is 35.8. The topological polar surface area (TPSA) is 74.2 Å². The Balaban J connectivity index is 4.18. The van der Waals surface area contributed by atoms with E-state index in [0.29, 0.717) is 19.8 Å². The predicted molar refractivity (Wildman–Crippen MR) is 224 cm³/mol. The molecule has 52 heavy (non-hydrogen) atoms. The Morgan fingerprint density at radius 2 is 0.788 bits per heavy atom. The maximum Gasteiger partial charge on any atom is 0.472 e. The van der Waals surface area contributed by atoms with Gasteiger partial charge in [0.1, 0.15) is 6.10 Å². The van der Waals surface area contributed by atoms with Crippen molar-refractivity contribution in [1.29, 1.82) is 0 Å². The van der Waals surface area contributed by atoms with Gasteiger partial charge in [0.05, 0.1) is 47.5 Å². The molecule has 0 aromatic rings. The second-order valence-corrected chi connectivity index (χ2v) is 18.2. The average molecular weight is 763 g/mol. The fourth-order valence-corrected chi connectivity index (χ4v) is 7.53. The van der Waals surface area contributed by atoms with Crippen molar-refractivity contribution >= 4 is 7.82 Å². The molecule has 0 radical (unpaired) electrons. The first kappa shape index (κ1) is 52.0. The molecule has 0 aromatic heterocycles. The van der Waals surface area contributed by atoms with Gasteiger partial charge < -0.3 is 18.9 Å². The van der Waals surface area contributed by atoms with Crippen LogP contribution in [0.4, 0.5) is 0 Å². The minimum Gasteiger partial charge on any atom is -0.379 e. The van der Waals surface area contributed by atoms with Gasteiger partial charge in [0.25, 0.3) is 0 Å². The van der Waals surface area contributed by atoms with Gasteiger partial charge >= 0.3 is 7.82 Å². The first-order chi connectivity index (χ1) is 25.2. The highest BCUT2D eigenvalue weighted by Gasteiger charge is 2.24. The maximum absolute atomic E-state index is 12.6. The number of hydrogen-bond donors (Lipinski definition) is 1. The van der Waals surface area contributed by atoms with Gasteiger partial charge in [0.2, 0.25) is 0 Å². The number of hydrogen-bond acceptors (Lipinski definition) is 5. The van der Waals surface area contributed by atoms with E-state index in [1.165, 1.54) is 161 Å². The summed E-state index contributed by atoms with van der Waals surface area (Å²) in [4.78, 5) is 10.3. The van der Waals surface area contributed by atoms with Crippen molar-refractivity contribution in [3.8, 4) is 0 Å². The van der Waals surface area contributed by atoms with Crippen LogP contribution in [0.25, 0.3) is 0 Å². The van der Waals surface area contributed by atoms with E-state index in [-0.39, 0.29) is 19.3 Å². The van der Waals surface area contributed by atoms with Crippen LogP contribution in [0.15, 0.2) is 0 Å². The summed E-state index contributed by atoms with van der Waals surface area (Å²) in [6.45, 7) is 7.63. The van der Waals surface area contributed by atoms with E-state index in [1.54, 1.807) is 0 Å². The van der Waals surface area contributed by atoms with E-state index < -0.39 is 7.82 Å². The van der Waals surface area contributed by atoms with Gasteiger partial charge in [-0.25, -0.2) is 4.57 Å². The standard InChI is InChI=1S/C44H92NO6P/c1-6-8-10-12-14-16-18-20-22-24-26-28-31-35-39-48-42-44(43-51-52(46,47)50-41-37-33-30-34-38-45(3,4)5)49-40-36-32-29-27-25-23-21-19-17-15-13-11-9-7-2/h44H,6-43H2,1-5H3/p+1. The van der Waals surface area contributed by atoms with Crippen LogP contribution in [0.5, 0.6) is 0 Å². The number of nitrogens with zero attached hydrogens (tertiary/aromatic N) is 1. The smallest absolute Gasteiger partial charge is 0.379 e. The minimum absolute atomic E-state index is 0.00855. The Kier molecular flexibility index (Phi) is 39.2. The second kappa shape index (κ2) is 39.2. The van der Waals surface area contributed by atoms with Gasteiger partial charge in [-0.2, -0.15) is 0 Å². The highest BCUT2D eigenvalue weighted by atomic mass is 31.2. The Hall–Kier alpha value is -0.0100. The van der Waals surface area contributed by atoms with Gasteiger partial charge in [-0.15, -0.1) is 0 Å². The number of rotatable bonds is 44. The van der Waals surface area contributed by atoms with Crippen LogP contribution in [-0.2, 0) is 23.1 Å². The third-order valence-electron chi connectivity index (χ3n) is 10.2. The highest BCUT2D eigenvalue weighted by molar-refractivity contribution is 7.47. The molecule has 2 atom stereocenters. The van der Waals surface area contributed by atoms with Gasteiger partial charge in [0, 0.05) is 13.2 Å². The molecule has 0 saturated heterocycles. The third kappa shape index (κ3) is 42.7. The molecule has 0 aliphatic rings. The molecule has 2 unspecified atom stereocenters. The van der Waals surface area contributed by atoms with Crippen LogP contribution in [-0.4, -0.2) is 76.2 Å². The van der Waals surface area contributed by atoms with Crippen molar-refractivity contribution in [2.45, 2.75) is 225 Å². The molecule has 0 amide bonds. The first-order valence-corrected chi connectivity index (χ1v) is 24.3. The predicted octanol–water partition coefficient (Wildman–Crippen LogP) is 13.8. The fourth-order valence-electron chi connectivity index (χ4n) is 6.74. The van der Waals surface area contributed by atoms with E-state index >= 15 is 0 Å². The number of phosphoric ester groups is 1. The summed E-state index contributed by atoms with van der Waals surface area (Å²) in [5.41, 5.74) is 0. The van der Waals surface area contributed by atoms with Crippen LogP contribution in [0, 0.1) is 0 Å². The summed E-state index contributed by atoms with van der Waals surface area (Å²) >= 11 is 0. The molecule has 0 aromatic carbocycles. The number of quaternary nitrogens is 1. The molecule has 0 spiro atoms. The molecule has 314 valence electrons. The lowest BCUT2D eigenvalue weighted by molar-refractivity contribution is -0.870. The van der Waals surface area contributed by atoms with Crippen LogP contribution in [0.1, 0.15) is 219 Å². The molecule has 0 saturated carbocycles. The van der Waals surface area contributed by atoms with Gasteiger partial charge in [-0.05, 0) is 32.1 Å². The van der Waals surface area contributed by atoms with Crippen LogP contribution in [0.3, 0.4) is 0 Å². The van der Waals surface area contributed by atoms with Crippen molar-refractivity contribution in [2.24, 2.45) is 0 Å². The quantitative estimate of drug-likeness (QED) is 0.0378. The van der Waals surface area contributed by atoms with Crippen LogP contribution < -0.4 is 0 Å². The number of phosphoric acid groups is 1. The molecule has 8 heteroatoms. The summed E-state index contributed by atoms with van der Waals surface area (Å²) in [6.07, 6.45) is 40.9. The molecule has 0 fully saturated rings. The van der Waals surface area contributed by atoms with E-state index in [0.717, 1.165) is 56.0 Å². The largest absolute Gasteiger partial charge is 0.472 e. The van der Waals surface area contributed by atoms with Crippen molar-refractivity contribution in [1.82, 2.24) is 0 Å². The average Bonchev–Trinajstić information content (AvgIpc) is 3.10. The summed E-state index contributed by atoms with van der Waals surface area (Å²) in [5, 5.41) is 0. The second-order valence-electron chi connectivity index (χ2n) is 16.8. The highest BCUT2D eigenvalue weighted by Crippen LogP contribution is 2.43. The van der Waals surface area contributed by atoms with E-state index in [9.17, 15) is 9.46 Å². The summed E-state index contributed by atoms with van der Waals surface area (Å²) < 4.78 is 36.3. The number of unbranched alkanes of at least 4 members (excludes halogenated alkanes) is 29. The molecule has 0 aliphatic heterocycles. The summed E-state index contributed by atoms with van der Waals surface area (Å²) in [6, 6.07) is 0. The summed E-state index contributed by atoms with van der Waals surface area (Å²) in [7, 11) is 2.48. The Bertz CT molecular complexity index is 749. The molecular weight excluding hydrogens is 669 g/mol. The lowest BCUT2D eigenvalue weighted by Crippen LogP contribution is -2.35. The molecule has 0 bridgehead atoms. The van der Waals surface area contributed by atoms with Gasteiger partial charge in [-0.1, -0.05) is 187 Å². The number of ether oxygens (including phenoxy) is 2. The molecule has 0 aliphatic carbocycles. The Labute approximate surface area is 325 Å². The molecule has 7 nitrogen and oxygen atoms in total. The molecule has 1 N–H and O–H groups in total. The maximum atomic E-state index is 12.6. The SMILES string of the molecule is CCCCCCCCCCCCCCCCOCC(COP(=O)(O)OCCCCCC[N+](C)(C)C)OCCCCCCCCCCCCCCCC. The molecular formula is C44H93NO6P+. The lowest BCUT2D eigenvalue weighted by atomic mass is 10.0.